The second kappa shape index (κ2) is 9.79. The van der Waals surface area contributed by atoms with Crippen LogP contribution in [0, 0.1) is 0 Å². The zero-order chi connectivity index (χ0) is 16.7. The van der Waals surface area contributed by atoms with Crippen molar-refractivity contribution in [2.24, 2.45) is 5.73 Å². The van der Waals surface area contributed by atoms with E-state index in [1.54, 1.807) is 0 Å². The van der Waals surface area contributed by atoms with E-state index in [9.17, 15) is 9.59 Å². The zero-order valence-corrected chi connectivity index (χ0v) is 14.0. The molecule has 1 aliphatic rings. The summed E-state index contributed by atoms with van der Waals surface area (Å²) in [6.07, 6.45) is 1.91. The Balaban J connectivity index is 0.00000288. The molecule has 7 nitrogen and oxygen atoms in total. The highest BCUT2D eigenvalue weighted by molar-refractivity contribution is 5.86. The minimum Gasteiger partial charge on any atom is -0.461 e. The molecule has 0 bridgehead atoms. The second-order valence-electron chi connectivity index (χ2n) is 5.01. The average molecular weight is 357 g/mol. The number of fused-ring (bicyclic) bond motifs is 1. The molecule has 1 heterocycles. The van der Waals surface area contributed by atoms with Gasteiger partial charge in [-0.1, -0.05) is 18.7 Å². The van der Waals surface area contributed by atoms with Gasteiger partial charge >= 0.3 is 5.97 Å². The van der Waals surface area contributed by atoms with Gasteiger partial charge in [-0.25, -0.2) is 0 Å². The summed E-state index contributed by atoms with van der Waals surface area (Å²) in [6, 6.07) is 4.69. The van der Waals surface area contributed by atoms with Crippen molar-refractivity contribution in [3.05, 3.63) is 36.4 Å². The van der Waals surface area contributed by atoms with E-state index in [4.69, 9.17) is 19.9 Å². The SMILES string of the molecule is C=CCOC(=O)C[C@H](N)C(=O)NCCc1ccc2c(c1)OCO2.Cl. The van der Waals surface area contributed by atoms with E-state index >= 15 is 0 Å². The Morgan fingerprint density at radius 1 is 1.38 bits per heavy atom. The normalized spacial score (nSPS) is 12.7. The van der Waals surface area contributed by atoms with Gasteiger partial charge in [-0.2, -0.15) is 0 Å². The third-order valence-corrected chi connectivity index (χ3v) is 3.24. The maximum Gasteiger partial charge on any atom is 0.308 e. The van der Waals surface area contributed by atoms with Gasteiger partial charge in [0.15, 0.2) is 11.5 Å². The first kappa shape index (κ1) is 19.8. The first-order chi connectivity index (χ1) is 11.1. The second-order valence-corrected chi connectivity index (χ2v) is 5.01. The van der Waals surface area contributed by atoms with Crippen molar-refractivity contribution in [2.75, 3.05) is 19.9 Å². The highest BCUT2D eigenvalue weighted by Crippen LogP contribution is 2.32. The van der Waals surface area contributed by atoms with Gasteiger partial charge in [0.25, 0.3) is 0 Å². The van der Waals surface area contributed by atoms with E-state index in [0.29, 0.717) is 18.7 Å². The van der Waals surface area contributed by atoms with Gasteiger partial charge in [-0.15, -0.1) is 12.4 Å². The molecule has 2 rings (SSSR count). The number of halogens is 1. The Hall–Kier alpha value is -2.25. The number of ether oxygens (including phenoxy) is 3. The molecule has 1 aliphatic heterocycles. The zero-order valence-electron chi connectivity index (χ0n) is 13.2. The van der Waals surface area contributed by atoms with Crippen molar-refractivity contribution in [3.8, 4) is 11.5 Å². The molecule has 3 N–H and O–H groups in total. The van der Waals surface area contributed by atoms with Gasteiger partial charge < -0.3 is 25.3 Å². The van der Waals surface area contributed by atoms with Crippen LogP contribution in [0.25, 0.3) is 0 Å². The first-order valence-electron chi connectivity index (χ1n) is 7.28. The minimum atomic E-state index is -0.927. The number of nitrogens with one attached hydrogen (secondary N) is 1. The van der Waals surface area contributed by atoms with Gasteiger partial charge in [0.2, 0.25) is 12.7 Å². The quantitative estimate of drug-likeness (QED) is 0.531. The molecule has 0 spiro atoms. The Morgan fingerprint density at radius 3 is 2.88 bits per heavy atom. The number of hydrogen-bond donors (Lipinski definition) is 2. The average Bonchev–Trinajstić information content (AvgIpc) is 3.00. The molecule has 1 atom stereocenters. The molecule has 0 aliphatic carbocycles. The molecule has 0 saturated carbocycles. The number of benzene rings is 1. The Morgan fingerprint density at radius 2 is 2.12 bits per heavy atom. The lowest BCUT2D eigenvalue weighted by atomic mass is 10.1. The molecular formula is C16H21ClN2O5. The van der Waals surface area contributed by atoms with Crippen molar-refractivity contribution < 1.29 is 23.8 Å². The van der Waals surface area contributed by atoms with Crippen molar-refractivity contribution in [1.29, 1.82) is 0 Å². The lowest BCUT2D eigenvalue weighted by molar-refractivity contribution is -0.144. The number of carbonyl (C=O) groups excluding carboxylic acids is 2. The fourth-order valence-corrected chi connectivity index (χ4v) is 2.04. The van der Waals surface area contributed by atoms with E-state index in [-0.39, 0.29) is 38.1 Å². The highest BCUT2D eigenvalue weighted by Gasteiger charge is 2.18. The summed E-state index contributed by atoms with van der Waals surface area (Å²) < 4.78 is 15.3. The number of amides is 1. The predicted molar refractivity (Wildman–Crippen MR) is 90.3 cm³/mol. The third kappa shape index (κ3) is 5.75. The van der Waals surface area contributed by atoms with E-state index in [1.165, 1.54) is 6.08 Å². The minimum absolute atomic E-state index is 0. The molecule has 0 radical (unpaired) electrons. The Bertz CT molecular complexity index is 594. The lowest BCUT2D eigenvalue weighted by Gasteiger charge is -2.11. The third-order valence-electron chi connectivity index (χ3n) is 3.24. The van der Waals surface area contributed by atoms with Gasteiger partial charge in [0, 0.05) is 6.54 Å². The molecule has 0 saturated heterocycles. The maximum absolute atomic E-state index is 11.8. The largest absolute Gasteiger partial charge is 0.461 e. The molecule has 8 heteroatoms. The van der Waals surface area contributed by atoms with E-state index < -0.39 is 12.0 Å². The van der Waals surface area contributed by atoms with Crippen LogP contribution in [-0.4, -0.2) is 37.9 Å². The number of rotatable bonds is 8. The molecule has 132 valence electrons. The Kier molecular flexibility index (Phi) is 8.08. The standard InChI is InChI=1S/C16H20N2O5.ClH/c1-2-7-21-15(19)9-12(17)16(20)18-6-5-11-3-4-13-14(8-11)23-10-22-13;/h2-4,8,12H,1,5-7,9-10,17H2,(H,18,20);1H/t12-;/m0./s1. The van der Waals surface area contributed by atoms with E-state index in [2.05, 4.69) is 11.9 Å². The van der Waals surface area contributed by atoms with E-state index in [1.807, 2.05) is 18.2 Å². The monoisotopic (exact) mass is 356 g/mol. The topological polar surface area (TPSA) is 99.9 Å². The van der Waals surface area contributed by atoms with Crippen LogP contribution >= 0.6 is 12.4 Å². The number of nitrogens with two attached hydrogens (primary N) is 1. The molecule has 1 aromatic carbocycles. The fraction of sp³-hybridized carbons (Fsp3) is 0.375. The van der Waals surface area contributed by atoms with Gasteiger partial charge in [-0.05, 0) is 24.1 Å². The number of carbonyl (C=O) groups is 2. The summed E-state index contributed by atoms with van der Waals surface area (Å²) >= 11 is 0. The number of hydrogen-bond acceptors (Lipinski definition) is 6. The molecule has 1 aromatic rings. The van der Waals surface area contributed by atoms with Crippen LogP contribution in [0.5, 0.6) is 11.5 Å². The van der Waals surface area contributed by atoms with Gasteiger partial charge in [0.05, 0.1) is 12.5 Å². The van der Waals surface area contributed by atoms with Crippen LogP contribution in [0.15, 0.2) is 30.9 Å². The summed E-state index contributed by atoms with van der Waals surface area (Å²) in [5.41, 5.74) is 6.68. The molecule has 0 aromatic heterocycles. The molecule has 24 heavy (non-hydrogen) atoms. The molecule has 0 fully saturated rings. The summed E-state index contributed by atoms with van der Waals surface area (Å²) in [5, 5.41) is 2.70. The summed E-state index contributed by atoms with van der Waals surface area (Å²) in [5.74, 6) is 0.512. The first-order valence-corrected chi connectivity index (χ1v) is 7.28. The van der Waals surface area contributed by atoms with Crippen LogP contribution in [0.2, 0.25) is 0 Å². The lowest BCUT2D eigenvalue weighted by Crippen LogP contribution is -2.42. The van der Waals surface area contributed by atoms with Gasteiger partial charge in [-0.3, -0.25) is 9.59 Å². The summed E-state index contributed by atoms with van der Waals surface area (Å²) in [7, 11) is 0. The molecular weight excluding hydrogens is 336 g/mol. The van der Waals surface area contributed by atoms with Crippen LogP contribution < -0.4 is 20.5 Å². The van der Waals surface area contributed by atoms with Crippen molar-refractivity contribution in [1.82, 2.24) is 5.32 Å². The van der Waals surface area contributed by atoms with Crippen LogP contribution in [-0.2, 0) is 20.7 Å². The number of esters is 1. The Labute approximate surface area is 146 Å². The molecule has 1 amide bonds. The van der Waals surface area contributed by atoms with Crippen LogP contribution in [0.3, 0.4) is 0 Å². The predicted octanol–water partition coefficient (Wildman–Crippen LogP) is 0.942. The van der Waals surface area contributed by atoms with Crippen molar-refractivity contribution >= 4 is 24.3 Å². The maximum atomic E-state index is 11.8. The van der Waals surface area contributed by atoms with Gasteiger partial charge in [0.1, 0.15) is 6.61 Å². The van der Waals surface area contributed by atoms with Crippen LogP contribution in [0.1, 0.15) is 12.0 Å². The van der Waals surface area contributed by atoms with Crippen LogP contribution in [0.4, 0.5) is 0 Å². The highest BCUT2D eigenvalue weighted by atomic mass is 35.5. The summed E-state index contributed by atoms with van der Waals surface area (Å²) in [6.45, 7) is 4.18. The smallest absolute Gasteiger partial charge is 0.308 e. The fourth-order valence-electron chi connectivity index (χ4n) is 2.04. The van der Waals surface area contributed by atoms with Crippen molar-refractivity contribution in [3.63, 3.8) is 0 Å². The molecule has 0 unspecified atom stereocenters. The summed E-state index contributed by atoms with van der Waals surface area (Å²) in [4.78, 5) is 23.2. The van der Waals surface area contributed by atoms with E-state index in [0.717, 1.165) is 11.3 Å². The van der Waals surface area contributed by atoms with Crippen molar-refractivity contribution in [2.45, 2.75) is 18.9 Å².